The molecular weight excluding hydrogens is 250 g/mol. The summed E-state index contributed by atoms with van der Waals surface area (Å²) in [7, 11) is 2.10. The molecule has 1 heterocycles. The van der Waals surface area contributed by atoms with Gasteiger partial charge in [0.2, 0.25) is 0 Å². The van der Waals surface area contributed by atoms with Gasteiger partial charge in [-0.2, -0.15) is 0 Å². The van der Waals surface area contributed by atoms with Crippen molar-refractivity contribution >= 4 is 11.3 Å². The molecule has 0 radical (unpaired) electrons. The van der Waals surface area contributed by atoms with Crippen LogP contribution in [-0.4, -0.2) is 7.05 Å². The number of benzene rings is 1. The van der Waals surface area contributed by atoms with Crippen LogP contribution in [0, 0.1) is 6.92 Å². The highest BCUT2D eigenvalue weighted by Gasteiger charge is 2.45. The summed E-state index contributed by atoms with van der Waals surface area (Å²) in [5, 5.41) is 5.81. The Hall–Kier alpha value is -1.12. The summed E-state index contributed by atoms with van der Waals surface area (Å²) in [5.41, 5.74) is 3.27. The van der Waals surface area contributed by atoms with Gasteiger partial charge in [0.25, 0.3) is 0 Å². The predicted molar refractivity (Wildman–Crippen MR) is 82.8 cm³/mol. The zero-order valence-corrected chi connectivity index (χ0v) is 12.5. The largest absolute Gasteiger partial charge is 0.312 e. The highest BCUT2D eigenvalue weighted by atomic mass is 32.1. The van der Waals surface area contributed by atoms with Gasteiger partial charge in [0.05, 0.1) is 0 Å². The Morgan fingerprint density at radius 2 is 1.89 bits per heavy atom. The van der Waals surface area contributed by atoms with Crippen LogP contribution in [0.4, 0.5) is 0 Å². The van der Waals surface area contributed by atoms with Crippen LogP contribution in [0.1, 0.15) is 41.3 Å². The molecule has 19 heavy (non-hydrogen) atoms. The minimum absolute atomic E-state index is 0.293. The fourth-order valence-electron chi connectivity index (χ4n) is 3.50. The smallest absolute Gasteiger partial charge is 0.0426 e. The Bertz CT molecular complexity index is 539. The van der Waals surface area contributed by atoms with Crippen LogP contribution in [0.5, 0.6) is 0 Å². The first-order valence-corrected chi connectivity index (χ1v) is 7.93. The molecule has 2 heteroatoms. The zero-order chi connectivity index (χ0) is 13.3. The molecule has 1 aliphatic carbocycles. The molecule has 1 fully saturated rings. The molecule has 0 spiro atoms. The van der Waals surface area contributed by atoms with E-state index in [0.29, 0.717) is 11.5 Å². The third-order valence-electron chi connectivity index (χ3n) is 4.65. The predicted octanol–water partition coefficient (Wildman–Crippen LogP) is 4.44. The molecule has 0 bridgehead atoms. The number of rotatable bonds is 4. The van der Waals surface area contributed by atoms with Crippen LogP contribution in [-0.2, 0) is 5.41 Å². The molecule has 2 aromatic rings. The van der Waals surface area contributed by atoms with Gasteiger partial charge < -0.3 is 5.32 Å². The van der Waals surface area contributed by atoms with Crippen molar-refractivity contribution in [2.24, 2.45) is 0 Å². The molecule has 0 amide bonds. The lowest BCUT2D eigenvalue weighted by atomic mass is 9.59. The van der Waals surface area contributed by atoms with E-state index in [1.54, 1.807) is 0 Å². The Balaban J connectivity index is 2.04. The molecule has 1 aromatic carbocycles. The lowest BCUT2D eigenvalue weighted by Crippen LogP contribution is -2.45. The van der Waals surface area contributed by atoms with Gasteiger partial charge in [0.1, 0.15) is 0 Å². The number of hydrogen-bond donors (Lipinski definition) is 1. The van der Waals surface area contributed by atoms with Crippen molar-refractivity contribution in [2.45, 2.75) is 37.6 Å². The molecule has 1 aliphatic rings. The van der Waals surface area contributed by atoms with Gasteiger partial charge in [0, 0.05) is 16.3 Å². The molecule has 0 aliphatic heterocycles. The molecular formula is C17H21NS. The maximum atomic E-state index is 3.59. The number of nitrogens with one attached hydrogen (secondary N) is 1. The summed E-state index contributed by atoms with van der Waals surface area (Å²) < 4.78 is 0. The number of thiophene rings is 1. The minimum atomic E-state index is 0.293. The number of aryl methyl sites for hydroxylation is 1. The molecule has 3 rings (SSSR count). The van der Waals surface area contributed by atoms with Gasteiger partial charge >= 0.3 is 0 Å². The van der Waals surface area contributed by atoms with Crippen molar-refractivity contribution in [1.82, 2.24) is 5.32 Å². The van der Waals surface area contributed by atoms with Gasteiger partial charge in [0.15, 0.2) is 0 Å². The first kappa shape index (κ1) is 12.9. The van der Waals surface area contributed by atoms with E-state index >= 15 is 0 Å². The Morgan fingerprint density at radius 3 is 2.37 bits per heavy atom. The quantitative estimate of drug-likeness (QED) is 0.867. The molecule has 1 unspecified atom stereocenters. The molecule has 1 saturated carbocycles. The Labute approximate surface area is 119 Å². The molecule has 1 aromatic heterocycles. The highest BCUT2D eigenvalue weighted by Crippen LogP contribution is 2.52. The molecule has 100 valence electrons. The lowest BCUT2D eigenvalue weighted by Gasteiger charge is -2.48. The molecule has 1 N–H and O–H groups in total. The summed E-state index contributed by atoms with van der Waals surface area (Å²) >= 11 is 1.85. The van der Waals surface area contributed by atoms with Crippen molar-refractivity contribution in [3.63, 3.8) is 0 Å². The van der Waals surface area contributed by atoms with Gasteiger partial charge in [-0.3, -0.25) is 0 Å². The van der Waals surface area contributed by atoms with E-state index in [1.165, 1.54) is 35.3 Å². The summed E-state index contributed by atoms with van der Waals surface area (Å²) in [6, 6.07) is 13.8. The second-order valence-electron chi connectivity index (χ2n) is 5.53. The third kappa shape index (κ3) is 2.03. The Morgan fingerprint density at radius 1 is 1.16 bits per heavy atom. The van der Waals surface area contributed by atoms with Gasteiger partial charge in [-0.05, 0) is 49.4 Å². The molecule has 0 saturated heterocycles. The van der Waals surface area contributed by atoms with E-state index in [4.69, 9.17) is 0 Å². The second-order valence-corrected chi connectivity index (χ2v) is 6.65. The second kappa shape index (κ2) is 5.10. The third-order valence-corrected chi connectivity index (χ3v) is 5.51. The van der Waals surface area contributed by atoms with Crippen LogP contribution in [0.25, 0.3) is 0 Å². The number of hydrogen-bond acceptors (Lipinski definition) is 2. The topological polar surface area (TPSA) is 12.0 Å². The van der Waals surface area contributed by atoms with Crippen LogP contribution < -0.4 is 5.32 Å². The minimum Gasteiger partial charge on any atom is -0.312 e. The molecule has 1 nitrogen and oxygen atoms in total. The van der Waals surface area contributed by atoms with Crippen molar-refractivity contribution in [1.29, 1.82) is 0 Å². The standard InChI is InChI=1S/C17H21NS/c1-13-15(9-12-19-13)16(18-2)17(10-6-11-17)14-7-4-3-5-8-14/h3-5,7-9,12,16,18H,6,10-11H2,1-2H3. The fraction of sp³-hybridized carbons (Fsp3) is 0.412. The van der Waals surface area contributed by atoms with E-state index in [9.17, 15) is 0 Å². The monoisotopic (exact) mass is 271 g/mol. The SMILES string of the molecule is CNC(c1ccsc1C)C1(c2ccccc2)CCC1. The van der Waals surface area contributed by atoms with Crippen LogP contribution in [0.15, 0.2) is 41.8 Å². The van der Waals surface area contributed by atoms with E-state index in [0.717, 1.165) is 0 Å². The summed E-state index contributed by atoms with van der Waals surface area (Å²) in [4.78, 5) is 1.45. The van der Waals surface area contributed by atoms with Gasteiger partial charge in [-0.25, -0.2) is 0 Å². The maximum Gasteiger partial charge on any atom is 0.0426 e. The van der Waals surface area contributed by atoms with Crippen molar-refractivity contribution in [3.05, 3.63) is 57.8 Å². The van der Waals surface area contributed by atoms with E-state index in [2.05, 4.69) is 61.1 Å². The van der Waals surface area contributed by atoms with Gasteiger partial charge in [-0.1, -0.05) is 36.8 Å². The normalized spacial score (nSPS) is 18.8. The van der Waals surface area contributed by atoms with E-state index < -0.39 is 0 Å². The van der Waals surface area contributed by atoms with Gasteiger partial charge in [-0.15, -0.1) is 11.3 Å². The maximum absolute atomic E-state index is 3.59. The zero-order valence-electron chi connectivity index (χ0n) is 11.6. The van der Waals surface area contributed by atoms with Crippen molar-refractivity contribution in [3.8, 4) is 0 Å². The first-order valence-electron chi connectivity index (χ1n) is 7.05. The average Bonchev–Trinajstić information content (AvgIpc) is 2.81. The van der Waals surface area contributed by atoms with Crippen LogP contribution in [0.2, 0.25) is 0 Å². The van der Waals surface area contributed by atoms with Crippen molar-refractivity contribution in [2.75, 3.05) is 7.05 Å². The van der Waals surface area contributed by atoms with Crippen molar-refractivity contribution < 1.29 is 0 Å². The molecule has 1 atom stereocenters. The van der Waals surface area contributed by atoms with E-state index in [1.807, 2.05) is 11.3 Å². The van der Waals surface area contributed by atoms with Crippen LogP contribution >= 0.6 is 11.3 Å². The lowest BCUT2D eigenvalue weighted by molar-refractivity contribution is 0.175. The first-order chi connectivity index (χ1) is 9.28. The number of likely N-dealkylation sites (N-methyl/N-ethyl adjacent to an activating group) is 1. The average molecular weight is 271 g/mol. The Kier molecular flexibility index (Phi) is 3.46. The summed E-state index contributed by atoms with van der Waals surface area (Å²) in [5.74, 6) is 0. The highest BCUT2D eigenvalue weighted by molar-refractivity contribution is 7.10. The summed E-state index contributed by atoms with van der Waals surface area (Å²) in [6.45, 7) is 2.24. The van der Waals surface area contributed by atoms with Crippen LogP contribution in [0.3, 0.4) is 0 Å². The van der Waals surface area contributed by atoms with E-state index in [-0.39, 0.29) is 0 Å². The fourth-order valence-corrected chi connectivity index (χ4v) is 4.24. The summed E-state index contributed by atoms with van der Waals surface area (Å²) in [6.07, 6.45) is 3.92.